The van der Waals surface area contributed by atoms with Gasteiger partial charge in [0, 0.05) is 39.7 Å². The number of aromatic nitrogens is 1. The number of carbonyl (C=O) groups is 1. The summed E-state index contributed by atoms with van der Waals surface area (Å²) in [5.74, 6) is -0.148. The molecule has 2 aromatic rings. The van der Waals surface area contributed by atoms with Crippen LogP contribution in [0, 0.1) is 0 Å². The topological polar surface area (TPSA) is 54.0 Å². The summed E-state index contributed by atoms with van der Waals surface area (Å²) in [7, 11) is 0. The molecule has 2 heterocycles. The molecule has 1 amide bonds. The van der Waals surface area contributed by atoms with Gasteiger partial charge in [-0.15, -0.1) is 11.3 Å². The number of rotatable bonds is 5. The summed E-state index contributed by atoms with van der Waals surface area (Å²) in [6.45, 7) is 3.21. The Morgan fingerprint density at radius 1 is 1.47 bits per heavy atom. The van der Waals surface area contributed by atoms with E-state index in [1.807, 2.05) is 18.4 Å². The average Bonchev–Trinajstić information content (AvgIpc) is 2.83. The Kier molecular flexibility index (Phi) is 4.93. The molecule has 100 valence electrons. The number of pyridine rings is 1. The highest BCUT2D eigenvalue weighted by Gasteiger charge is 2.06. The zero-order chi connectivity index (χ0) is 13.7. The van der Waals surface area contributed by atoms with Gasteiger partial charge >= 0.3 is 0 Å². The Morgan fingerprint density at radius 3 is 3.00 bits per heavy atom. The standard InChI is InChI=1S/C13H14BrN3OS/c1-2-15-13(18)12-6-10(3-4-16-12)17-7-11-5-9(14)8-19-11/h3-6,8H,2,7H2,1H3,(H,15,18)(H,16,17). The van der Waals surface area contributed by atoms with Crippen molar-refractivity contribution < 1.29 is 4.79 Å². The van der Waals surface area contributed by atoms with E-state index in [4.69, 9.17) is 0 Å². The van der Waals surface area contributed by atoms with Gasteiger partial charge in [-0.25, -0.2) is 0 Å². The average molecular weight is 340 g/mol. The second-order valence-electron chi connectivity index (χ2n) is 3.87. The van der Waals surface area contributed by atoms with Gasteiger partial charge in [0.05, 0.1) is 0 Å². The van der Waals surface area contributed by atoms with Gasteiger partial charge in [0.25, 0.3) is 5.91 Å². The molecule has 0 saturated heterocycles. The van der Waals surface area contributed by atoms with Crippen LogP contribution < -0.4 is 10.6 Å². The third-order valence-electron chi connectivity index (χ3n) is 2.42. The third-order valence-corrected chi connectivity index (χ3v) is 4.12. The summed E-state index contributed by atoms with van der Waals surface area (Å²) < 4.78 is 1.09. The van der Waals surface area contributed by atoms with Crippen LogP contribution in [0.3, 0.4) is 0 Å². The monoisotopic (exact) mass is 339 g/mol. The molecule has 0 aromatic carbocycles. The van der Waals surface area contributed by atoms with E-state index in [2.05, 4.69) is 37.6 Å². The minimum absolute atomic E-state index is 0.148. The highest BCUT2D eigenvalue weighted by molar-refractivity contribution is 9.10. The Labute approximate surface area is 124 Å². The molecule has 0 aliphatic carbocycles. The van der Waals surface area contributed by atoms with E-state index in [9.17, 15) is 4.79 Å². The van der Waals surface area contributed by atoms with Crippen LogP contribution in [0.4, 0.5) is 5.69 Å². The van der Waals surface area contributed by atoms with Crippen molar-refractivity contribution in [2.24, 2.45) is 0 Å². The second kappa shape index (κ2) is 6.68. The van der Waals surface area contributed by atoms with Crippen LogP contribution in [-0.4, -0.2) is 17.4 Å². The van der Waals surface area contributed by atoms with Crippen LogP contribution in [0.5, 0.6) is 0 Å². The summed E-state index contributed by atoms with van der Waals surface area (Å²) in [5, 5.41) is 8.06. The number of nitrogens with one attached hydrogen (secondary N) is 2. The van der Waals surface area contributed by atoms with E-state index >= 15 is 0 Å². The number of halogens is 1. The van der Waals surface area contributed by atoms with Crippen LogP contribution in [0.25, 0.3) is 0 Å². The Bertz CT molecular complexity index is 571. The maximum Gasteiger partial charge on any atom is 0.269 e. The maximum atomic E-state index is 11.7. The Hall–Kier alpha value is -1.40. The van der Waals surface area contributed by atoms with Gasteiger partial charge in [0.1, 0.15) is 5.69 Å². The van der Waals surface area contributed by atoms with Crippen molar-refractivity contribution in [2.75, 3.05) is 11.9 Å². The van der Waals surface area contributed by atoms with Gasteiger partial charge < -0.3 is 10.6 Å². The number of hydrogen-bond donors (Lipinski definition) is 2. The molecule has 2 aromatic heterocycles. The van der Waals surface area contributed by atoms with Crippen molar-refractivity contribution in [3.05, 3.63) is 44.8 Å². The number of nitrogens with zero attached hydrogens (tertiary/aromatic N) is 1. The molecule has 0 bridgehead atoms. The molecule has 0 fully saturated rings. The van der Waals surface area contributed by atoms with E-state index < -0.39 is 0 Å². The molecule has 6 heteroatoms. The van der Waals surface area contributed by atoms with E-state index in [1.165, 1.54) is 4.88 Å². The number of hydrogen-bond acceptors (Lipinski definition) is 4. The zero-order valence-electron chi connectivity index (χ0n) is 10.4. The lowest BCUT2D eigenvalue weighted by molar-refractivity contribution is 0.0951. The van der Waals surface area contributed by atoms with Crippen molar-refractivity contribution in [3.63, 3.8) is 0 Å². The summed E-state index contributed by atoms with van der Waals surface area (Å²) >= 11 is 5.11. The molecule has 0 radical (unpaired) electrons. The molecule has 2 N–H and O–H groups in total. The lowest BCUT2D eigenvalue weighted by Crippen LogP contribution is -2.23. The van der Waals surface area contributed by atoms with Crippen LogP contribution in [0.15, 0.2) is 34.2 Å². The van der Waals surface area contributed by atoms with E-state index in [-0.39, 0.29) is 5.91 Å². The predicted molar refractivity (Wildman–Crippen MR) is 81.6 cm³/mol. The van der Waals surface area contributed by atoms with E-state index in [0.29, 0.717) is 12.2 Å². The van der Waals surface area contributed by atoms with Gasteiger partial charge in [-0.1, -0.05) is 0 Å². The lowest BCUT2D eigenvalue weighted by atomic mass is 10.3. The normalized spacial score (nSPS) is 10.2. The largest absolute Gasteiger partial charge is 0.380 e. The van der Waals surface area contributed by atoms with E-state index in [1.54, 1.807) is 23.6 Å². The minimum atomic E-state index is -0.148. The lowest BCUT2D eigenvalue weighted by Gasteiger charge is -2.06. The Balaban J connectivity index is 2.00. The van der Waals surface area contributed by atoms with Gasteiger partial charge in [0.15, 0.2) is 0 Å². The third kappa shape index (κ3) is 4.04. The van der Waals surface area contributed by atoms with Gasteiger partial charge in [-0.3, -0.25) is 9.78 Å². The summed E-state index contributed by atoms with van der Waals surface area (Å²) in [5.41, 5.74) is 1.32. The number of thiophene rings is 1. The van der Waals surface area contributed by atoms with Crippen LogP contribution in [-0.2, 0) is 6.54 Å². The molecule has 2 rings (SSSR count). The molecular weight excluding hydrogens is 326 g/mol. The fraction of sp³-hybridized carbons (Fsp3) is 0.231. The molecule has 19 heavy (non-hydrogen) atoms. The second-order valence-corrected chi connectivity index (χ2v) is 5.79. The SMILES string of the molecule is CCNC(=O)c1cc(NCc2cc(Br)cs2)ccn1. The quantitative estimate of drug-likeness (QED) is 0.878. The summed E-state index contributed by atoms with van der Waals surface area (Å²) in [6.07, 6.45) is 1.64. The fourth-order valence-corrected chi connectivity index (χ4v) is 2.94. The molecule has 0 spiro atoms. The number of amides is 1. The van der Waals surface area contributed by atoms with Crippen molar-refractivity contribution in [2.45, 2.75) is 13.5 Å². The van der Waals surface area contributed by atoms with Gasteiger partial charge in [-0.2, -0.15) is 0 Å². The van der Waals surface area contributed by atoms with Crippen molar-refractivity contribution in [1.29, 1.82) is 0 Å². The fourth-order valence-electron chi connectivity index (χ4n) is 1.55. The first-order valence-electron chi connectivity index (χ1n) is 5.90. The smallest absolute Gasteiger partial charge is 0.269 e. The highest BCUT2D eigenvalue weighted by atomic mass is 79.9. The van der Waals surface area contributed by atoms with Crippen molar-refractivity contribution >= 4 is 38.9 Å². The first kappa shape index (κ1) is 14.0. The van der Waals surface area contributed by atoms with Crippen LogP contribution in [0.2, 0.25) is 0 Å². The van der Waals surface area contributed by atoms with Crippen LogP contribution in [0.1, 0.15) is 22.3 Å². The molecule has 0 unspecified atom stereocenters. The first-order chi connectivity index (χ1) is 9.19. The zero-order valence-corrected chi connectivity index (χ0v) is 12.8. The highest BCUT2D eigenvalue weighted by Crippen LogP contribution is 2.20. The van der Waals surface area contributed by atoms with Crippen molar-refractivity contribution in [1.82, 2.24) is 10.3 Å². The molecule has 0 saturated carbocycles. The minimum Gasteiger partial charge on any atom is -0.380 e. The molecule has 4 nitrogen and oxygen atoms in total. The summed E-state index contributed by atoms with van der Waals surface area (Å²) in [6, 6.07) is 5.68. The molecular formula is C13H14BrN3OS. The summed E-state index contributed by atoms with van der Waals surface area (Å²) in [4.78, 5) is 17.0. The van der Waals surface area contributed by atoms with Gasteiger partial charge in [0.2, 0.25) is 0 Å². The van der Waals surface area contributed by atoms with Crippen molar-refractivity contribution in [3.8, 4) is 0 Å². The van der Waals surface area contributed by atoms with E-state index in [0.717, 1.165) is 16.7 Å². The predicted octanol–water partition coefficient (Wildman–Crippen LogP) is 3.27. The van der Waals surface area contributed by atoms with Crippen LogP contribution >= 0.6 is 27.3 Å². The number of anilines is 1. The number of carbonyl (C=O) groups excluding carboxylic acids is 1. The Morgan fingerprint density at radius 2 is 2.32 bits per heavy atom. The molecule has 0 atom stereocenters. The van der Waals surface area contributed by atoms with Gasteiger partial charge in [-0.05, 0) is 41.1 Å². The first-order valence-corrected chi connectivity index (χ1v) is 7.57. The maximum absolute atomic E-state index is 11.7. The molecule has 0 aliphatic rings. The molecule has 0 aliphatic heterocycles.